The fraction of sp³-hybridized carbons (Fsp3) is 0. The standard InChI is InChI=1S/C10H8O3S.C6H6/c11-14(12,13)10-7-3-5-8-4-1-2-6-9(8)10;1-2-4-6-5-3-1/h1-7H,(H,11,12,13);1-6H. The van der Waals surface area contributed by atoms with Crippen LogP contribution in [0.15, 0.2) is 83.8 Å². The van der Waals surface area contributed by atoms with E-state index in [2.05, 4.69) is 0 Å². The molecule has 0 amide bonds. The number of rotatable bonds is 1. The maximum absolute atomic E-state index is 11.0. The molecule has 3 aromatic carbocycles. The molecule has 0 aliphatic heterocycles. The van der Waals surface area contributed by atoms with Gasteiger partial charge in [0.2, 0.25) is 0 Å². The molecule has 0 unspecified atom stereocenters. The highest BCUT2D eigenvalue weighted by Crippen LogP contribution is 2.21. The van der Waals surface area contributed by atoms with Crippen LogP contribution in [0.25, 0.3) is 10.8 Å². The van der Waals surface area contributed by atoms with Gasteiger partial charge in [0.1, 0.15) is 4.90 Å². The van der Waals surface area contributed by atoms with Gasteiger partial charge in [0.25, 0.3) is 10.1 Å². The van der Waals surface area contributed by atoms with Crippen LogP contribution < -0.4 is 0 Å². The van der Waals surface area contributed by atoms with Crippen molar-refractivity contribution >= 4 is 20.9 Å². The summed E-state index contributed by atoms with van der Waals surface area (Å²) in [6.07, 6.45) is 0. The predicted octanol–water partition coefficient (Wildman–Crippen LogP) is 3.77. The number of fused-ring (bicyclic) bond motifs is 1. The molecule has 102 valence electrons. The largest absolute Gasteiger partial charge is 0.295 e. The number of hydrogen-bond acceptors (Lipinski definition) is 2. The van der Waals surface area contributed by atoms with Gasteiger partial charge in [0.15, 0.2) is 0 Å². The number of hydrogen-bond donors (Lipinski definition) is 1. The van der Waals surface area contributed by atoms with Gasteiger partial charge in [-0.3, -0.25) is 4.55 Å². The first-order chi connectivity index (χ1) is 9.59. The molecule has 0 aromatic heterocycles. The Hall–Kier alpha value is -2.17. The third-order valence-corrected chi connectivity index (χ3v) is 3.61. The monoisotopic (exact) mass is 286 g/mol. The van der Waals surface area contributed by atoms with Crippen molar-refractivity contribution in [2.75, 3.05) is 0 Å². The van der Waals surface area contributed by atoms with E-state index in [1.165, 1.54) is 6.07 Å². The number of benzene rings is 3. The Morgan fingerprint density at radius 2 is 1.15 bits per heavy atom. The molecule has 0 atom stereocenters. The molecule has 0 bridgehead atoms. The van der Waals surface area contributed by atoms with Crippen LogP contribution in [0.3, 0.4) is 0 Å². The lowest BCUT2D eigenvalue weighted by Crippen LogP contribution is -1.98. The van der Waals surface area contributed by atoms with E-state index >= 15 is 0 Å². The van der Waals surface area contributed by atoms with Gasteiger partial charge in [-0.2, -0.15) is 8.42 Å². The van der Waals surface area contributed by atoms with Crippen molar-refractivity contribution < 1.29 is 13.0 Å². The molecule has 4 heteroatoms. The van der Waals surface area contributed by atoms with Crippen molar-refractivity contribution in [3.63, 3.8) is 0 Å². The van der Waals surface area contributed by atoms with Crippen molar-refractivity contribution in [1.29, 1.82) is 0 Å². The van der Waals surface area contributed by atoms with Gasteiger partial charge < -0.3 is 0 Å². The smallest absolute Gasteiger partial charge is 0.282 e. The van der Waals surface area contributed by atoms with Crippen molar-refractivity contribution in [2.45, 2.75) is 4.90 Å². The minimum atomic E-state index is -4.13. The van der Waals surface area contributed by atoms with Crippen LogP contribution in [0.1, 0.15) is 0 Å². The highest BCUT2D eigenvalue weighted by molar-refractivity contribution is 7.86. The SMILES string of the molecule is O=S(=O)(O)c1cccc2ccccc12.c1ccccc1. The minimum Gasteiger partial charge on any atom is -0.282 e. The van der Waals surface area contributed by atoms with E-state index in [0.717, 1.165) is 5.39 Å². The average molecular weight is 286 g/mol. The lowest BCUT2D eigenvalue weighted by Gasteiger charge is -2.02. The topological polar surface area (TPSA) is 54.4 Å². The molecular weight excluding hydrogens is 272 g/mol. The summed E-state index contributed by atoms with van der Waals surface area (Å²) in [4.78, 5) is -0.0457. The van der Waals surface area contributed by atoms with Crippen LogP contribution in [0, 0.1) is 0 Å². The Labute approximate surface area is 118 Å². The fourth-order valence-corrected chi connectivity index (χ4v) is 2.52. The third-order valence-electron chi connectivity index (χ3n) is 2.69. The molecular formula is C16H14O3S. The van der Waals surface area contributed by atoms with Gasteiger partial charge in [-0.05, 0) is 11.5 Å². The Morgan fingerprint density at radius 3 is 1.70 bits per heavy atom. The summed E-state index contributed by atoms with van der Waals surface area (Å²) in [6, 6.07) is 23.8. The van der Waals surface area contributed by atoms with Crippen molar-refractivity contribution in [1.82, 2.24) is 0 Å². The maximum Gasteiger partial charge on any atom is 0.295 e. The summed E-state index contributed by atoms with van der Waals surface area (Å²) in [7, 11) is -4.13. The van der Waals surface area contributed by atoms with Crippen LogP contribution in [-0.4, -0.2) is 13.0 Å². The van der Waals surface area contributed by atoms with Crippen molar-refractivity contribution in [2.24, 2.45) is 0 Å². The van der Waals surface area contributed by atoms with Gasteiger partial charge >= 0.3 is 0 Å². The molecule has 20 heavy (non-hydrogen) atoms. The summed E-state index contributed by atoms with van der Waals surface area (Å²) < 4.78 is 31.0. The van der Waals surface area contributed by atoms with E-state index in [9.17, 15) is 8.42 Å². The van der Waals surface area contributed by atoms with E-state index in [1.54, 1.807) is 30.3 Å². The van der Waals surface area contributed by atoms with Crippen LogP contribution in [-0.2, 0) is 10.1 Å². The Balaban J connectivity index is 0.000000205. The molecule has 0 aliphatic rings. The second kappa shape index (κ2) is 6.32. The normalized spacial score (nSPS) is 10.7. The Kier molecular flexibility index (Phi) is 4.50. The van der Waals surface area contributed by atoms with Crippen LogP contribution in [0.2, 0.25) is 0 Å². The van der Waals surface area contributed by atoms with Gasteiger partial charge in [0, 0.05) is 5.39 Å². The first-order valence-corrected chi connectivity index (χ1v) is 7.48. The summed E-state index contributed by atoms with van der Waals surface area (Å²) in [5.74, 6) is 0. The van der Waals surface area contributed by atoms with E-state index in [1.807, 2.05) is 42.5 Å². The zero-order valence-electron chi connectivity index (χ0n) is 10.7. The van der Waals surface area contributed by atoms with Crippen LogP contribution in [0.4, 0.5) is 0 Å². The molecule has 0 radical (unpaired) electrons. The molecule has 3 aromatic rings. The zero-order chi connectivity index (χ0) is 14.4. The Morgan fingerprint density at radius 1 is 0.650 bits per heavy atom. The van der Waals surface area contributed by atoms with E-state index in [4.69, 9.17) is 4.55 Å². The highest BCUT2D eigenvalue weighted by Gasteiger charge is 2.12. The molecule has 0 saturated heterocycles. The third kappa shape index (κ3) is 3.66. The molecule has 0 heterocycles. The molecule has 0 spiro atoms. The lowest BCUT2D eigenvalue weighted by atomic mass is 10.1. The molecule has 0 fully saturated rings. The summed E-state index contributed by atoms with van der Waals surface area (Å²) in [5.41, 5.74) is 0. The Bertz CT molecular complexity index is 749. The molecule has 1 N–H and O–H groups in total. The second-order valence-corrected chi connectivity index (χ2v) is 5.50. The van der Waals surface area contributed by atoms with Crippen molar-refractivity contribution in [3.05, 3.63) is 78.9 Å². The first-order valence-electron chi connectivity index (χ1n) is 6.04. The first kappa shape index (κ1) is 14.2. The lowest BCUT2D eigenvalue weighted by molar-refractivity contribution is 0.484. The summed E-state index contributed by atoms with van der Waals surface area (Å²) >= 11 is 0. The van der Waals surface area contributed by atoms with Crippen LogP contribution in [0.5, 0.6) is 0 Å². The van der Waals surface area contributed by atoms with E-state index < -0.39 is 10.1 Å². The van der Waals surface area contributed by atoms with Gasteiger partial charge in [-0.1, -0.05) is 72.8 Å². The van der Waals surface area contributed by atoms with Gasteiger partial charge in [-0.25, -0.2) is 0 Å². The molecule has 0 aliphatic carbocycles. The molecule has 3 rings (SSSR count). The summed E-state index contributed by atoms with van der Waals surface area (Å²) in [6.45, 7) is 0. The molecule has 0 saturated carbocycles. The second-order valence-electron chi connectivity index (χ2n) is 4.11. The summed E-state index contributed by atoms with van der Waals surface area (Å²) in [5, 5.41) is 1.33. The van der Waals surface area contributed by atoms with E-state index in [0.29, 0.717) is 5.39 Å². The maximum atomic E-state index is 11.0. The zero-order valence-corrected chi connectivity index (χ0v) is 11.5. The van der Waals surface area contributed by atoms with Crippen LogP contribution >= 0.6 is 0 Å². The molecule has 3 nitrogen and oxygen atoms in total. The predicted molar refractivity (Wildman–Crippen MR) is 80.2 cm³/mol. The minimum absolute atomic E-state index is 0.0457. The quantitative estimate of drug-likeness (QED) is 0.693. The van der Waals surface area contributed by atoms with Gasteiger partial charge in [0.05, 0.1) is 0 Å². The van der Waals surface area contributed by atoms with Gasteiger partial charge in [-0.15, -0.1) is 0 Å². The highest BCUT2D eigenvalue weighted by atomic mass is 32.2. The fourth-order valence-electron chi connectivity index (χ4n) is 1.81. The average Bonchev–Trinajstić information content (AvgIpc) is 2.48. The van der Waals surface area contributed by atoms with Crippen molar-refractivity contribution in [3.8, 4) is 0 Å². The van der Waals surface area contributed by atoms with E-state index in [-0.39, 0.29) is 4.90 Å².